The number of rotatable bonds is 2. The highest BCUT2D eigenvalue weighted by Gasteiger charge is 2.43. The Hall–Kier alpha value is -1.91. The summed E-state index contributed by atoms with van der Waals surface area (Å²) >= 11 is 0. The van der Waals surface area contributed by atoms with Crippen LogP contribution in [0.4, 0.5) is 4.39 Å². The van der Waals surface area contributed by atoms with E-state index >= 15 is 0 Å². The van der Waals surface area contributed by atoms with Crippen molar-refractivity contribution in [1.29, 1.82) is 0 Å². The predicted octanol–water partition coefficient (Wildman–Crippen LogP) is 2.58. The van der Waals surface area contributed by atoms with Crippen LogP contribution in [0.25, 0.3) is 0 Å². The van der Waals surface area contributed by atoms with Gasteiger partial charge in [-0.2, -0.15) is 0 Å². The van der Waals surface area contributed by atoms with Gasteiger partial charge in [0, 0.05) is 17.6 Å². The lowest BCUT2D eigenvalue weighted by Gasteiger charge is -2.36. The number of piperidine rings is 1. The topological polar surface area (TPSA) is 46.6 Å². The number of hydrogen-bond acceptors (Lipinski definition) is 3. The Labute approximate surface area is 122 Å². The van der Waals surface area contributed by atoms with E-state index in [2.05, 4.69) is 4.74 Å². The first kappa shape index (κ1) is 14.0. The zero-order chi connectivity index (χ0) is 15.0. The van der Waals surface area contributed by atoms with Crippen molar-refractivity contribution in [3.05, 3.63) is 35.4 Å². The van der Waals surface area contributed by atoms with Gasteiger partial charge in [0.05, 0.1) is 12.7 Å². The number of methoxy groups -OCH3 is 1. The Morgan fingerprint density at radius 2 is 1.62 bits per heavy atom. The molecule has 2 fully saturated rings. The van der Waals surface area contributed by atoms with Gasteiger partial charge in [-0.05, 0) is 49.9 Å². The van der Waals surface area contributed by atoms with Gasteiger partial charge in [-0.25, -0.2) is 9.18 Å². The zero-order valence-electron chi connectivity index (χ0n) is 11.9. The fraction of sp³-hybridized carbons (Fsp3) is 0.500. The molecular formula is C16H18FNO3. The molecule has 2 aliphatic rings. The molecule has 2 heterocycles. The Morgan fingerprint density at radius 3 is 2.14 bits per heavy atom. The van der Waals surface area contributed by atoms with Crippen LogP contribution >= 0.6 is 0 Å². The Balaban J connectivity index is 1.78. The number of carbonyl (C=O) groups excluding carboxylic acids is 2. The van der Waals surface area contributed by atoms with Crippen LogP contribution in [0.15, 0.2) is 24.3 Å². The number of fused-ring (bicyclic) bond motifs is 2. The van der Waals surface area contributed by atoms with Crippen molar-refractivity contribution in [2.75, 3.05) is 7.11 Å². The molecule has 0 aliphatic carbocycles. The van der Waals surface area contributed by atoms with Crippen LogP contribution in [0.2, 0.25) is 0 Å². The predicted molar refractivity (Wildman–Crippen MR) is 74.9 cm³/mol. The molecule has 1 aromatic carbocycles. The summed E-state index contributed by atoms with van der Waals surface area (Å²) in [5.41, 5.74) is 0.955. The van der Waals surface area contributed by atoms with E-state index in [1.807, 2.05) is 4.90 Å². The number of ether oxygens (including phenoxy) is 1. The van der Waals surface area contributed by atoms with Gasteiger partial charge in [0.15, 0.2) is 0 Å². The number of hydrogen-bond donors (Lipinski definition) is 0. The van der Waals surface area contributed by atoms with Gasteiger partial charge in [0.25, 0.3) is 5.91 Å². The number of amides is 1. The third-order valence-electron chi connectivity index (χ3n) is 4.46. The summed E-state index contributed by atoms with van der Waals surface area (Å²) in [6, 6.07) is 6.48. The summed E-state index contributed by atoms with van der Waals surface area (Å²) in [5.74, 6) is -0.488. The maximum atomic E-state index is 13.6. The van der Waals surface area contributed by atoms with Gasteiger partial charge in [0.2, 0.25) is 0 Å². The Bertz CT molecular complexity index is 543. The maximum absolute atomic E-state index is 13.6. The molecule has 3 rings (SSSR count). The largest absolute Gasteiger partial charge is 0.465 e. The van der Waals surface area contributed by atoms with Gasteiger partial charge in [0.1, 0.15) is 6.17 Å². The quantitative estimate of drug-likeness (QED) is 0.787. The van der Waals surface area contributed by atoms with Crippen LogP contribution in [0.1, 0.15) is 46.4 Å². The van der Waals surface area contributed by atoms with Gasteiger partial charge in [-0.15, -0.1) is 0 Å². The van der Waals surface area contributed by atoms with Crippen LogP contribution in [0.3, 0.4) is 0 Å². The van der Waals surface area contributed by atoms with Crippen LogP contribution < -0.4 is 0 Å². The van der Waals surface area contributed by atoms with Crippen molar-refractivity contribution in [3.8, 4) is 0 Å². The highest BCUT2D eigenvalue weighted by Crippen LogP contribution is 2.37. The van der Waals surface area contributed by atoms with Gasteiger partial charge in [-0.3, -0.25) is 4.79 Å². The number of halogens is 1. The first-order valence-corrected chi connectivity index (χ1v) is 7.25. The SMILES string of the molecule is COC(=O)c1ccc(C(=O)N2C3CCC2CC(F)C3)cc1. The highest BCUT2D eigenvalue weighted by molar-refractivity contribution is 5.96. The first-order valence-electron chi connectivity index (χ1n) is 7.25. The third-order valence-corrected chi connectivity index (χ3v) is 4.46. The maximum Gasteiger partial charge on any atom is 0.337 e. The van der Waals surface area contributed by atoms with Crippen molar-refractivity contribution >= 4 is 11.9 Å². The molecule has 0 saturated carbocycles. The standard InChI is InChI=1S/C16H18FNO3/c1-21-16(20)11-4-2-10(3-5-11)15(19)18-13-6-7-14(18)9-12(17)8-13/h2-5,12-14H,6-9H2,1H3. The molecule has 112 valence electrons. The van der Waals surface area contributed by atoms with E-state index in [1.54, 1.807) is 24.3 Å². The van der Waals surface area contributed by atoms with E-state index in [1.165, 1.54) is 7.11 Å². The van der Waals surface area contributed by atoms with Gasteiger partial charge < -0.3 is 9.64 Å². The van der Waals surface area contributed by atoms with Gasteiger partial charge >= 0.3 is 5.97 Å². The molecule has 1 aromatic rings. The first-order chi connectivity index (χ1) is 10.1. The van der Waals surface area contributed by atoms with Crippen molar-refractivity contribution < 1.29 is 18.7 Å². The minimum Gasteiger partial charge on any atom is -0.465 e. The third kappa shape index (κ3) is 2.52. The van der Waals surface area contributed by atoms with Crippen molar-refractivity contribution in [2.24, 2.45) is 0 Å². The fourth-order valence-electron chi connectivity index (χ4n) is 3.46. The Morgan fingerprint density at radius 1 is 1.10 bits per heavy atom. The molecule has 4 nitrogen and oxygen atoms in total. The molecule has 2 saturated heterocycles. The molecule has 0 aromatic heterocycles. The van der Waals surface area contributed by atoms with Crippen LogP contribution in [0.5, 0.6) is 0 Å². The van der Waals surface area contributed by atoms with E-state index in [-0.39, 0.29) is 18.0 Å². The summed E-state index contributed by atoms with van der Waals surface area (Å²) in [4.78, 5) is 25.8. The molecule has 0 radical (unpaired) electrons. The van der Waals surface area contributed by atoms with Crippen molar-refractivity contribution in [3.63, 3.8) is 0 Å². The summed E-state index contributed by atoms with van der Waals surface area (Å²) in [7, 11) is 1.32. The number of benzene rings is 1. The lowest BCUT2D eigenvalue weighted by Crippen LogP contribution is -2.47. The highest BCUT2D eigenvalue weighted by atomic mass is 19.1. The van der Waals surface area contributed by atoms with E-state index in [0.29, 0.717) is 24.0 Å². The van der Waals surface area contributed by atoms with E-state index in [9.17, 15) is 14.0 Å². The van der Waals surface area contributed by atoms with E-state index in [0.717, 1.165) is 12.8 Å². The lowest BCUT2D eigenvalue weighted by atomic mass is 9.99. The molecular weight excluding hydrogens is 273 g/mol. The summed E-state index contributed by atoms with van der Waals surface area (Å²) < 4.78 is 18.2. The normalized spacial score (nSPS) is 27.5. The van der Waals surface area contributed by atoms with Crippen LogP contribution in [-0.4, -0.2) is 42.1 Å². The van der Waals surface area contributed by atoms with Crippen molar-refractivity contribution in [2.45, 2.75) is 43.9 Å². The average molecular weight is 291 g/mol. The minimum atomic E-state index is -0.784. The number of nitrogens with zero attached hydrogens (tertiary/aromatic N) is 1. The smallest absolute Gasteiger partial charge is 0.337 e. The molecule has 0 N–H and O–H groups in total. The minimum absolute atomic E-state index is 0.0199. The number of esters is 1. The lowest BCUT2D eigenvalue weighted by molar-refractivity contribution is 0.0477. The molecule has 21 heavy (non-hydrogen) atoms. The Kier molecular flexibility index (Phi) is 3.66. The van der Waals surface area contributed by atoms with Crippen LogP contribution in [0, 0.1) is 0 Å². The summed E-state index contributed by atoms with van der Waals surface area (Å²) in [6.07, 6.45) is 1.88. The second kappa shape index (κ2) is 5.47. The van der Waals surface area contributed by atoms with E-state index in [4.69, 9.17) is 0 Å². The van der Waals surface area contributed by atoms with E-state index < -0.39 is 12.1 Å². The molecule has 2 unspecified atom stereocenters. The van der Waals surface area contributed by atoms with Crippen molar-refractivity contribution in [1.82, 2.24) is 4.90 Å². The number of carbonyl (C=O) groups is 2. The second-order valence-corrected chi connectivity index (χ2v) is 5.74. The molecule has 5 heteroatoms. The molecule has 2 aliphatic heterocycles. The number of alkyl halides is 1. The zero-order valence-corrected chi connectivity index (χ0v) is 11.9. The molecule has 2 bridgehead atoms. The molecule has 0 spiro atoms. The molecule has 1 amide bonds. The van der Waals surface area contributed by atoms with Gasteiger partial charge in [-0.1, -0.05) is 0 Å². The second-order valence-electron chi connectivity index (χ2n) is 5.74. The summed E-state index contributed by atoms with van der Waals surface area (Å²) in [5, 5.41) is 0. The summed E-state index contributed by atoms with van der Waals surface area (Å²) in [6.45, 7) is 0. The van der Waals surface area contributed by atoms with Crippen LogP contribution in [-0.2, 0) is 4.74 Å². The molecule has 2 atom stereocenters. The monoisotopic (exact) mass is 291 g/mol. The average Bonchev–Trinajstić information content (AvgIpc) is 2.77. The fourth-order valence-corrected chi connectivity index (χ4v) is 3.46.